The van der Waals surface area contributed by atoms with Gasteiger partial charge in [0.05, 0.1) is 28.9 Å². The van der Waals surface area contributed by atoms with Crippen molar-refractivity contribution in [3.63, 3.8) is 0 Å². The van der Waals surface area contributed by atoms with Gasteiger partial charge in [0.2, 0.25) is 11.6 Å². The van der Waals surface area contributed by atoms with Crippen molar-refractivity contribution in [2.45, 2.75) is 32.2 Å². The first-order chi connectivity index (χ1) is 15.9. The molecule has 3 atom stereocenters. The number of nitrogens with two attached hydrogens (primary N) is 2. The van der Waals surface area contributed by atoms with Crippen molar-refractivity contribution in [2.24, 2.45) is 11.8 Å². The zero-order valence-corrected chi connectivity index (χ0v) is 20.5. The zero-order chi connectivity index (χ0) is 23.1. The lowest BCUT2D eigenvalue weighted by Gasteiger charge is -2.20. The molecule has 5 rings (SSSR count). The van der Waals surface area contributed by atoms with Crippen molar-refractivity contribution >= 4 is 34.3 Å². The average Bonchev–Trinajstić information content (AvgIpc) is 3.48. The van der Waals surface area contributed by atoms with Crippen LogP contribution in [0.1, 0.15) is 46.2 Å². The van der Waals surface area contributed by atoms with Crippen molar-refractivity contribution in [1.82, 2.24) is 14.9 Å². The molecular weight excluding hydrogens is 454 g/mol. The van der Waals surface area contributed by atoms with Gasteiger partial charge in [-0.3, -0.25) is 10.3 Å². The highest BCUT2D eigenvalue weighted by Crippen LogP contribution is 2.48. The predicted molar refractivity (Wildman–Crippen MR) is 133 cm³/mol. The average molecular weight is 483 g/mol. The van der Waals surface area contributed by atoms with Gasteiger partial charge in [0.25, 0.3) is 0 Å². The van der Waals surface area contributed by atoms with Gasteiger partial charge in [-0.1, -0.05) is 11.6 Å². The van der Waals surface area contributed by atoms with Crippen LogP contribution in [0.2, 0.25) is 5.02 Å². The molecule has 172 valence electrons. The van der Waals surface area contributed by atoms with E-state index in [-0.39, 0.29) is 0 Å². The topological polar surface area (TPSA) is 89.9 Å². The molecule has 1 saturated heterocycles. The second-order valence-electron chi connectivity index (χ2n) is 9.20. The largest absolute Gasteiger partial charge is 0.481 e. The molecule has 1 saturated carbocycles. The standard InChI is InChI=1S/C25H28ClN5OS/c1-14-30-19(13-33-14)12-31-10-17-5-16(6-18(17)11-31)20-8-21(23(27)9-22(20)26)25(28)15-3-4-29-24(7-15)32-2/h3-4,7-9,13,16-18,28H,5-6,10-12,27H2,1-2H3/p+1/t16?,17-,18+. The quantitative estimate of drug-likeness (QED) is 0.415. The fourth-order valence-corrected chi connectivity index (χ4v) is 6.42. The van der Waals surface area contributed by atoms with E-state index in [0.29, 0.717) is 35.0 Å². The molecule has 1 unspecified atom stereocenters. The number of anilines is 1. The summed E-state index contributed by atoms with van der Waals surface area (Å²) in [5.41, 5.74) is 11.5. The smallest absolute Gasteiger partial charge is 0.213 e. The number of likely N-dealkylation sites (tertiary alicyclic amines) is 1. The number of methoxy groups -OCH3 is 1. The molecule has 3 heterocycles. The first-order valence-electron chi connectivity index (χ1n) is 11.3. The van der Waals surface area contributed by atoms with Gasteiger partial charge in [-0.15, -0.1) is 11.3 Å². The van der Waals surface area contributed by atoms with Crippen molar-refractivity contribution < 1.29 is 10.1 Å². The van der Waals surface area contributed by atoms with Crippen molar-refractivity contribution in [3.8, 4) is 5.88 Å². The molecule has 2 fully saturated rings. The Morgan fingerprint density at radius 2 is 2.03 bits per heavy atom. The maximum atomic E-state index is 6.70. The number of fused-ring (bicyclic) bond motifs is 1. The molecule has 6 nitrogen and oxygen atoms in total. The highest BCUT2D eigenvalue weighted by Gasteiger charge is 2.42. The second kappa shape index (κ2) is 9.05. The fraction of sp³-hybridized carbons (Fsp3) is 0.400. The minimum atomic E-state index is 0.426. The first-order valence-corrected chi connectivity index (χ1v) is 12.5. The van der Waals surface area contributed by atoms with Crippen LogP contribution in [0.15, 0.2) is 35.8 Å². The molecule has 3 aromatic rings. The minimum Gasteiger partial charge on any atom is -0.481 e. The Bertz CT molecular complexity index is 1180. The van der Waals surface area contributed by atoms with E-state index in [1.807, 2.05) is 18.2 Å². The number of nitrogen functional groups attached to an aromatic ring is 1. The van der Waals surface area contributed by atoms with Crippen LogP contribution in [-0.2, 0) is 6.54 Å². The maximum absolute atomic E-state index is 6.70. The first kappa shape index (κ1) is 22.3. The van der Waals surface area contributed by atoms with Crippen LogP contribution in [0.4, 0.5) is 5.69 Å². The van der Waals surface area contributed by atoms with Crippen LogP contribution < -0.4 is 15.9 Å². The summed E-state index contributed by atoms with van der Waals surface area (Å²) in [5.74, 6) is 2.33. The number of halogens is 1. The van der Waals surface area contributed by atoms with E-state index in [0.717, 1.165) is 59.2 Å². The summed E-state index contributed by atoms with van der Waals surface area (Å²) in [7, 11) is 1.59. The number of thiazole rings is 1. The summed E-state index contributed by atoms with van der Waals surface area (Å²) in [6, 6.07) is 7.63. The summed E-state index contributed by atoms with van der Waals surface area (Å²) >= 11 is 8.43. The number of pyridine rings is 1. The van der Waals surface area contributed by atoms with Crippen molar-refractivity contribution in [1.29, 1.82) is 0 Å². The number of ether oxygens (including phenoxy) is 1. The molecule has 33 heavy (non-hydrogen) atoms. The van der Waals surface area contributed by atoms with E-state index >= 15 is 0 Å². The minimum absolute atomic E-state index is 0.426. The van der Waals surface area contributed by atoms with E-state index in [9.17, 15) is 0 Å². The highest BCUT2D eigenvalue weighted by atomic mass is 35.5. The number of rotatable bonds is 6. The number of nitrogens with zero attached hydrogens (tertiary/aromatic N) is 3. The third kappa shape index (κ3) is 4.50. The SMILES string of the molecule is COc1cc(C(=[NH2+])c2cc(C3C[C@@H]4CN(Cc5csc(C)n5)C[C@@H]4C3)c(Cl)cc2N)ccn1. The summed E-state index contributed by atoms with van der Waals surface area (Å²) in [6.07, 6.45) is 3.97. The Balaban J connectivity index is 1.32. The number of hydrogen-bond acceptors (Lipinski definition) is 6. The van der Waals surface area contributed by atoms with Crippen LogP contribution in [0.25, 0.3) is 0 Å². The predicted octanol–water partition coefficient (Wildman–Crippen LogP) is 3.31. The molecule has 2 aliphatic rings. The monoisotopic (exact) mass is 482 g/mol. The molecule has 0 radical (unpaired) electrons. The lowest BCUT2D eigenvalue weighted by Crippen LogP contribution is -2.41. The van der Waals surface area contributed by atoms with Crippen LogP contribution in [0, 0.1) is 18.8 Å². The summed E-state index contributed by atoms with van der Waals surface area (Å²) in [4.78, 5) is 11.4. The highest BCUT2D eigenvalue weighted by molar-refractivity contribution is 7.09. The molecule has 0 spiro atoms. The van der Waals surface area contributed by atoms with Gasteiger partial charge in [0.15, 0.2) is 0 Å². The van der Waals surface area contributed by atoms with Crippen molar-refractivity contribution in [3.05, 3.63) is 68.3 Å². The molecule has 4 N–H and O–H groups in total. The molecule has 0 bridgehead atoms. The Labute approximate surface area is 203 Å². The van der Waals surface area contributed by atoms with Gasteiger partial charge >= 0.3 is 0 Å². The fourth-order valence-electron chi connectivity index (χ4n) is 5.49. The lowest BCUT2D eigenvalue weighted by molar-refractivity contribution is -0.111. The summed E-state index contributed by atoms with van der Waals surface area (Å²) < 4.78 is 5.25. The van der Waals surface area contributed by atoms with E-state index in [1.54, 1.807) is 24.6 Å². The number of aryl methyl sites for hydroxylation is 1. The Kier molecular flexibility index (Phi) is 6.12. The number of benzene rings is 1. The van der Waals surface area contributed by atoms with Gasteiger partial charge in [-0.25, -0.2) is 9.97 Å². The molecular formula is C25H29ClN5OS+. The Morgan fingerprint density at radius 1 is 1.27 bits per heavy atom. The number of aromatic nitrogens is 2. The van der Waals surface area contributed by atoms with Gasteiger partial charge in [-0.05, 0) is 61.3 Å². The van der Waals surface area contributed by atoms with Crippen LogP contribution in [0.3, 0.4) is 0 Å². The van der Waals surface area contributed by atoms with Gasteiger partial charge < -0.3 is 10.5 Å². The molecule has 1 aliphatic heterocycles. The molecule has 2 aromatic heterocycles. The normalized spacial score (nSPS) is 22.5. The van der Waals surface area contributed by atoms with Gasteiger partial charge in [-0.2, -0.15) is 0 Å². The second-order valence-corrected chi connectivity index (χ2v) is 10.7. The summed E-state index contributed by atoms with van der Waals surface area (Å²) in [6.45, 7) is 5.28. The molecule has 1 aliphatic carbocycles. The van der Waals surface area contributed by atoms with Crippen LogP contribution >= 0.6 is 22.9 Å². The maximum Gasteiger partial charge on any atom is 0.213 e. The van der Waals surface area contributed by atoms with E-state index in [2.05, 4.69) is 33.2 Å². The molecule has 0 amide bonds. The van der Waals surface area contributed by atoms with Crippen molar-refractivity contribution in [2.75, 3.05) is 25.9 Å². The Morgan fingerprint density at radius 3 is 2.70 bits per heavy atom. The number of hydrogen-bond donors (Lipinski definition) is 2. The van der Waals surface area contributed by atoms with E-state index in [1.165, 1.54) is 5.69 Å². The van der Waals surface area contributed by atoms with Crippen LogP contribution in [-0.4, -0.2) is 40.8 Å². The Hall–Kier alpha value is -2.48. The van der Waals surface area contributed by atoms with E-state index < -0.39 is 0 Å². The zero-order valence-electron chi connectivity index (χ0n) is 18.9. The van der Waals surface area contributed by atoms with Gasteiger partial charge in [0, 0.05) is 48.0 Å². The van der Waals surface area contributed by atoms with Crippen LogP contribution in [0.5, 0.6) is 5.88 Å². The van der Waals surface area contributed by atoms with E-state index in [4.69, 9.17) is 27.5 Å². The third-order valence-corrected chi connectivity index (χ3v) is 8.18. The van der Waals surface area contributed by atoms with Gasteiger partial charge in [0.1, 0.15) is 0 Å². The lowest BCUT2D eigenvalue weighted by atomic mass is 9.91. The molecule has 1 aromatic carbocycles. The summed E-state index contributed by atoms with van der Waals surface area (Å²) in [5, 5.41) is 10.6. The molecule has 8 heteroatoms. The third-order valence-electron chi connectivity index (χ3n) is 7.03.